The highest BCUT2D eigenvalue weighted by Gasteiger charge is 2.56. The van der Waals surface area contributed by atoms with E-state index in [-0.39, 0.29) is 18.1 Å². The van der Waals surface area contributed by atoms with Gasteiger partial charge in [-0.05, 0) is 0 Å². The first kappa shape index (κ1) is 9.54. The van der Waals surface area contributed by atoms with Gasteiger partial charge < -0.3 is 20.5 Å². The van der Waals surface area contributed by atoms with Gasteiger partial charge in [0, 0.05) is 6.00 Å². The molecule has 72 valence electrons. The number of fused-ring (bicyclic) bond motifs is 2. The Labute approximate surface area is 90.1 Å². The van der Waals surface area contributed by atoms with E-state index in [4.69, 9.17) is 4.74 Å². The molecule has 5 nitrogen and oxygen atoms in total. The minimum absolute atomic E-state index is 0.149. The summed E-state index contributed by atoms with van der Waals surface area (Å²) in [6, 6.07) is -0.705. The molecule has 4 atom stereocenters. The van der Waals surface area contributed by atoms with Crippen LogP contribution in [0.5, 0.6) is 0 Å². The van der Waals surface area contributed by atoms with Crippen LogP contribution in [0, 0.1) is 0 Å². The zero-order valence-corrected chi connectivity index (χ0v) is 9.24. The second kappa shape index (κ2) is 2.99. The summed E-state index contributed by atoms with van der Waals surface area (Å²) in [5.41, 5.74) is -0.882. The Morgan fingerprint density at radius 2 is 2.46 bits per heavy atom. The van der Waals surface area contributed by atoms with Crippen LogP contribution in [0.4, 0.5) is 4.79 Å². The lowest BCUT2D eigenvalue weighted by Gasteiger charge is -2.35. The van der Waals surface area contributed by atoms with Gasteiger partial charge >= 0.3 is 6.03 Å². The van der Waals surface area contributed by atoms with Crippen LogP contribution in [-0.4, -0.2) is 47.3 Å². The summed E-state index contributed by atoms with van der Waals surface area (Å²) in [5, 5.41) is 15.1. The van der Waals surface area contributed by atoms with Crippen LogP contribution >= 0.6 is 22.6 Å². The first-order valence-electron chi connectivity index (χ1n) is 4.09. The van der Waals surface area contributed by atoms with Crippen LogP contribution in [0.25, 0.3) is 0 Å². The monoisotopic (exact) mass is 296 g/mol. The molecule has 0 aromatic heterocycles. The van der Waals surface area contributed by atoms with Crippen LogP contribution in [0.1, 0.15) is 0 Å². The molecule has 2 aliphatic rings. The largest absolute Gasteiger partial charge is 0.386 e. The van der Waals surface area contributed by atoms with Gasteiger partial charge in [-0.2, -0.15) is 0 Å². The third-order valence-corrected chi connectivity index (χ3v) is 3.67. The predicted octanol–water partition coefficient (Wildman–Crippen LogP) is -1.85. The molecule has 2 fully saturated rings. The molecule has 2 bridgehead atoms. The zero-order chi connectivity index (χ0) is 9.64. The van der Waals surface area contributed by atoms with Crippen molar-refractivity contribution in [2.75, 3.05) is 4.43 Å². The molecule has 7 heteroatoms. The number of alkyl halides is 1. The number of urea groups is 1. The van der Waals surface area contributed by atoms with Crippen molar-refractivity contribution in [1.82, 2.24) is 10.6 Å². The number of carbonyl (C=O) groups is 1. The van der Waals surface area contributed by atoms with Crippen LogP contribution in [0.3, 0.4) is 0 Å². The molecular weight excluding hydrogens is 286 g/mol. The summed E-state index contributed by atoms with van der Waals surface area (Å²) in [6.45, 7) is 0. The van der Waals surface area contributed by atoms with E-state index >= 15 is 0 Å². The lowest BCUT2D eigenvalue weighted by atomic mass is 9.89. The van der Waals surface area contributed by atoms with E-state index in [1.165, 1.54) is 0 Å². The fourth-order valence-corrected chi connectivity index (χ4v) is 2.67. The standard InChI is InChI=1S/C6H10BIN2O3/c7-4-2-3(11)6(1-8,13-4)10-5(12)9-2/h2-4,11H,1,7H2,(H2,9,10,12)/t2?,3?,4-,6-/m1/s1. The molecule has 0 aromatic carbocycles. The van der Waals surface area contributed by atoms with E-state index in [0.717, 1.165) is 0 Å². The van der Waals surface area contributed by atoms with Crippen molar-refractivity contribution in [3.05, 3.63) is 0 Å². The third-order valence-electron chi connectivity index (χ3n) is 2.54. The summed E-state index contributed by atoms with van der Waals surface area (Å²) in [7, 11) is 1.84. The van der Waals surface area contributed by atoms with Gasteiger partial charge in [0.1, 0.15) is 14.0 Å². The van der Waals surface area contributed by atoms with Crippen LogP contribution in [0.2, 0.25) is 0 Å². The molecule has 2 aliphatic heterocycles. The third kappa shape index (κ3) is 1.24. The molecule has 13 heavy (non-hydrogen) atoms. The van der Waals surface area contributed by atoms with Gasteiger partial charge in [-0.15, -0.1) is 0 Å². The van der Waals surface area contributed by atoms with E-state index in [9.17, 15) is 9.90 Å². The van der Waals surface area contributed by atoms with E-state index in [2.05, 4.69) is 33.2 Å². The van der Waals surface area contributed by atoms with Crippen LogP contribution in [0.15, 0.2) is 0 Å². The second-order valence-electron chi connectivity index (χ2n) is 3.42. The van der Waals surface area contributed by atoms with Gasteiger partial charge in [-0.25, -0.2) is 4.79 Å². The fourth-order valence-electron chi connectivity index (χ4n) is 1.84. The molecule has 0 aromatic rings. The SMILES string of the molecule is B[C@@H]1O[C@@]2(CI)NC(=O)NC1C2O. The minimum Gasteiger partial charge on any atom is -0.386 e. The average molecular weight is 296 g/mol. The number of hydrogen-bond donors (Lipinski definition) is 3. The summed E-state index contributed by atoms with van der Waals surface area (Å²) in [6.07, 6.45) is -0.669. The van der Waals surface area contributed by atoms with E-state index < -0.39 is 11.8 Å². The molecule has 2 unspecified atom stereocenters. The van der Waals surface area contributed by atoms with Crippen molar-refractivity contribution in [1.29, 1.82) is 0 Å². The molecule has 2 rings (SSSR count). The Hall–Kier alpha value is -0.0151. The highest BCUT2D eigenvalue weighted by molar-refractivity contribution is 14.1. The van der Waals surface area contributed by atoms with Crippen molar-refractivity contribution < 1.29 is 14.6 Å². The van der Waals surface area contributed by atoms with Gasteiger partial charge in [0.05, 0.1) is 10.5 Å². The molecule has 2 heterocycles. The number of amides is 2. The Morgan fingerprint density at radius 3 is 3.08 bits per heavy atom. The van der Waals surface area contributed by atoms with Gasteiger partial charge in [-0.1, -0.05) is 22.6 Å². The maximum Gasteiger partial charge on any atom is 0.317 e. The minimum atomic E-state index is -0.882. The summed E-state index contributed by atoms with van der Waals surface area (Å²) >= 11 is 2.09. The van der Waals surface area contributed by atoms with E-state index in [1.54, 1.807) is 0 Å². The van der Waals surface area contributed by atoms with Crippen molar-refractivity contribution in [2.45, 2.75) is 23.9 Å². The molecule has 0 saturated carbocycles. The van der Waals surface area contributed by atoms with Crippen molar-refractivity contribution >= 4 is 36.5 Å². The van der Waals surface area contributed by atoms with Crippen molar-refractivity contribution in [3.63, 3.8) is 0 Å². The molecule has 2 amide bonds. The molecular formula is C6H10BIN2O3. The van der Waals surface area contributed by atoms with Crippen molar-refractivity contribution in [3.8, 4) is 0 Å². The molecule has 0 radical (unpaired) electrons. The maximum atomic E-state index is 11.2. The smallest absolute Gasteiger partial charge is 0.317 e. The molecule has 2 saturated heterocycles. The Bertz CT molecular complexity index is 254. The predicted molar refractivity (Wildman–Crippen MR) is 56.5 cm³/mol. The first-order chi connectivity index (χ1) is 6.09. The number of carbonyl (C=O) groups excluding carboxylic acids is 1. The number of hydrogen-bond acceptors (Lipinski definition) is 3. The topological polar surface area (TPSA) is 70.6 Å². The Balaban J connectivity index is 2.31. The average Bonchev–Trinajstić information content (AvgIpc) is 2.26. The van der Waals surface area contributed by atoms with E-state index in [0.29, 0.717) is 4.43 Å². The quantitative estimate of drug-likeness (QED) is 0.302. The summed E-state index contributed by atoms with van der Waals surface area (Å²) < 4.78 is 6.09. The highest BCUT2D eigenvalue weighted by atomic mass is 127. The van der Waals surface area contributed by atoms with Gasteiger partial charge in [0.15, 0.2) is 5.72 Å². The number of ether oxygens (including phenoxy) is 1. The van der Waals surface area contributed by atoms with Crippen LogP contribution < -0.4 is 10.6 Å². The number of aliphatic hydroxyl groups excluding tert-OH is 1. The van der Waals surface area contributed by atoms with Gasteiger partial charge in [0.2, 0.25) is 0 Å². The number of aliphatic hydroxyl groups is 1. The number of halogens is 1. The summed E-state index contributed by atoms with van der Waals surface area (Å²) in [5.74, 6) is 0. The second-order valence-corrected chi connectivity index (χ2v) is 4.18. The summed E-state index contributed by atoms with van der Waals surface area (Å²) in [4.78, 5) is 11.2. The fraction of sp³-hybridized carbons (Fsp3) is 0.833. The zero-order valence-electron chi connectivity index (χ0n) is 7.08. The van der Waals surface area contributed by atoms with Crippen molar-refractivity contribution in [2.24, 2.45) is 0 Å². The Morgan fingerprint density at radius 1 is 1.77 bits per heavy atom. The van der Waals surface area contributed by atoms with Crippen LogP contribution in [-0.2, 0) is 4.74 Å². The molecule has 0 aliphatic carbocycles. The lowest BCUT2D eigenvalue weighted by Crippen LogP contribution is -2.67. The lowest BCUT2D eigenvalue weighted by molar-refractivity contribution is -0.0649. The molecule has 0 spiro atoms. The highest BCUT2D eigenvalue weighted by Crippen LogP contribution is 2.32. The number of nitrogens with one attached hydrogen (secondary N) is 2. The normalized spacial score (nSPS) is 48.5. The van der Waals surface area contributed by atoms with Gasteiger partial charge in [0.25, 0.3) is 0 Å². The Kier molecular flexibility index (Phi) is 2.19. The first-order valence-corrected chi connectivity index (χ1v) is 5.62. The maximum absolute atomic E-state index is 11.2. The van der Waals surface area contributed by atoms with Gasteiger partial charge in [-0.3, -0.25) is 0 Å². The number of rotatable bonds is 1. The molecule has 3 N–H and O–H groups in total. The van der Waals surface area contributed by atoms with E-state index in [1.807, 2.05) is 7.85 Å².